The summed E-state index contributed by atoms with van der Waals surface area (Å²) in [6.45, 7) is 3.95. The van der Waals surface area contributed by atoms with Crippen molar-refractivity contribution < 1.29 is 8.42 Å². The molecule has 1 saturated heterocycles. The summed E-state index contributed by atoms with van der Waals surface area (Å²) in [6.07, 6.45) is 3.11. The highest BCUT2D eigenvalue weighted by atomic mass is 35.5. The Labute approximate surface area is 180 Å². The van der Waals surface area contributed by atoms with Crippen LogP contribution in [-0.4, -0.2) is 41.8 Å². The first kappa shape index (κ1) is 21.0. The molecular formula is C21H23ClN4O3S. The Bertz CT molecular complexity index is 1220. The van der Waals surface area contributed by atoms with E-state index in [-0.39, 0.29) is 16.5 Å². The second-order valence-corrected chi connectivity index (χ2v) is 9.75. The SMILES string of the molecule is Cc1cccn2c(=O)cc(CN3CCC(NS(=O)(=O)c4ccc(Cl)cc4)CC3)nc12. The van der Waals surface area contributed by atoms with Gasteiger partial charge in [0, 0.05) is 43.0 Å². The van der Waals surface area contributed by atoms with Crippen molar-refractivity contribution in [3.8, 4) is 0 Å². The van der Waals surface area contributed by atoms with Crippen molar-refractivity contribution in [2.45, 2.75) is 37.2 Å². The van der Waals surface area contributed by atoms with Gasteiger partial charge in [0.05, 0.1) is 10.6 Å². The van der Waals surface area contributed by atoms with Gasteiger partial charge in [0.2, 0.25) is 10.0 Å². The molecule has 0 aliphatic carbocycles. The molecule has 1 aliphatic rings. The summed E-state index contributed by atoms with van der Waals surface area (Å²) in [7, 11) is -3.57. The summed E-state index contributed by atoms with van der Waals surface area (Å²) >= 11 is 5.84. The summed E-state index contributed by atoms with van der Waals surface area (Å²) in [6, 6.07) is 11.4. The second-order valence-electron chi connectivity index (χ2n) is 7.60. The molecule has 4 rings (SSSR count). The monoisotopic (exact) mass is 446 g/mol. The zero-order valence-corrected chi connectivity index (χ0v) is 18.2. The topological polar surface area (TPSA) is 83.8 Å². The smallest absolute Gasteiger partial charge is 0.258 e. The summed E-state index contributed by atoms with van der Waals surface area (Å²) in [5, 5.41) is 0.499. The molecule has 0 spiro atoms. The predicted molar refractivity (Wildman–Crippen MR) is 116 cm³/mol. The fourth-order valence-electron chi connectivity index (χ4n) is 3.73. The average molecular weight is 447 g/mol. The van der Waals surface area contributed by atoms with Crippen LogP contribution in [0.1, 0.15) is 24.1 Å². The fourth-order valence-corrected chi connectivity index (χ4v) is 5.16. The van der Waals surface area contributed by atoms with Crippen molar-refractivity contribution in [1.29, 1.82) is 0 Å². The maximum atomic E-state index is 12.6. The largest absolute Gasteiger partial charge is 0.297 e. The van der Waals surface area contributed by atoms with Crippen LogP contribution in [0.25, 0.3) is 5.65 Å². The molecule has 1 aromatic carbocycles. The standard InChI is InChI=1S/C21H23ClN4O3S/c1-15-3-2-10-26-20(27)13-18(23-21(15)26)14-25-11-8-17(9-12-25)24-30(28,29)19-6-4-16(22)5-7-19/h2-7,10,13,17,24H,8-9,11-12,14H2,1H3. The van der Waals surface area contributed by atoms with E-state index in [1.807, 2.05) is 19.1 Å². The molecule has 0 unspecified atom stereocenters. The number of benzene rings is 1. The van der Waals surface area contributed by atoms with Gasteiger partial charge in [0.15, 0.2) is 0 Å². The number of aryl methyl sites for hydroxylation is 1. The van der Waals surface area contributed by atoms with E-state index in [0.29, 0.717) is 30.1 Å². The van der Waals surface area contributed by atoms with Crippen molar-refractivity contribution in [2.75, 3.05) is 13.1 Å². The highest BCUT2D eigenvalue weighted by Gasteiger charge is 2.25. The number of aromatic nitrogens is 2. The molecule has 0 amide bonds. The molecule has 0 saturated carbocycles. The van der Waals surface area contributed by atoms with Crippen LogP contribution in [0, 0.1) is 6.92 Å². The molecule has 3 heterocycles. The van der Waals surface area contributed by atoms with Gasteiger partial charge < -0.3 is 0 Å². The zero-order chi connectivity index (χ0) is 21.3. The zero-order valence-electron chi connectivity index (χ0n) is 16.6. The average Bonchev–Trinajstić information content (AvgIpc) is 2.70. The maximum Gasteiger partial charge on any atom is 0.258 e. The highest BCUT2D eigenvalue weighted by molar-refractivity contribution is 7.89. The van der Waals surface area contributed by atoms with Crippen molar-refractivity contribution in [2.24, 2.45) is 0 Å². The Hall–Kier alpha value is -2.26. The number of nitrogens with zero attached hydrogens (tertiary/aromatic N) is 3. The van der Waals surface area contributed by atoms with Crippen molar-refractivity contribution in [1.82, 2.24) is 19.0 Å². The van der Waals surface area contributed by atoms with E-state index in [4.69, 9.17) is 11.6 Å². The minimum atomic E-state index is -3.57. The third-order valence-corrected chi connectivity index (χ3v) is 7.15. The predicted octanol–water partition coefficient (Wildman–Crippen LogP) is 2.60. The molecule has 30 heavy (non-hydrogen) atoms. The number of likely N-dealkylation sites (tertiary alicyclic amines) is 1. The van der Waals surface area contributed by atoms with Crippen LogP contribution in [-0.2, 0) is 16.6 Å². The van der Waals surface area contributed by atoms with Crippen molar-refractivity contribution >= 4 is 27.3 Å². The minimum absolute atomic E-state index is 0.0932. The Morgan fingerprint density at radius 1 is 1.17 bits per heavy atom. The van der Waals surface area contributed by atoms with Gasteiger partial charge in [-0.2, -0.15) is 0 Å². The number of piperidine rings is 1. The molecule has 7 nitrogen and oxygen atoms in total. The van der Waals surface area contributed by atoms with Gasteiger partial charge in [-0.05, 0) is 55.7 Å². The van der Waals surface area contributed by atoms with Gasteiger partial charge in [-0.3, -0.25) is 14.1 Å². The quantitative estimate of drug-likeness (QED) is 0.651. The first-order valence-electron chi connectivity index (χ1n) is 9.80. The Balaban J connectivity index is 1.39. The van der Waals surface area contributed by atoms with Gasteiger partial charge in [-0.15, -0.1) is 0 Å². The van der Waals surface area contributed by atoms with E-state index < -0.39 is 10.0 Å². The summed E-state index contributed by atoms with van der Waals surface area (Å²) in [4.78, 5) is 19.4. The first-order chi connectivity index (χ1) is 14.3. The number of fused-ring (bicyclic) bond motifs is 1. The Kier molecular flexibility index (Phi) is 5.92. The number of hydrogen-bond acceptors (Lipinski definition) is 5. The van der Waals surface area contributed by atoms with E-state index in [1.165, 1.54) is 12.1 Å². The molecule has 0 radical (unpaired) electrons. The summed E-state index contributed by atoms with van der Waals surface area (Å²) < 4.78 is 29.5. The van der Waals surface area contributed by atoms with E-state index in [0.717, 1.165) is 24.3 Å². The van der Waals surface area contributed by atoms with Gasteiger partial charge >= 0.3 is 0 Å². The van der Waals surface area contributed by atoms with Gasteiger partial charge in [-0.25, -0.2) is 18.1 Å². The van der Waals surface area contributed by atoms with Gasteiger partial charge in [0.25, 0.3) is 5.56 Å². The van der Waals surface area contributed by atoms with Crippen molar-refractivity contribution in [3.05, 3.63) is 75.3 Å². The molecule has 1 aliphatic heterocycles. The van der Waals surface area contributed by atoms with Gasteiger partial charge in [-0.1, -0.05) is 17.7 Å². The second kappa shape index (κ2) is 8.47. The fraction of sp³-hybridized carbons (Fsp3) is 0.333. The van der Waals surface area contributed by atoms with Crippen LogP contribution in [0.2, 0.25) is 5.02 Å². The molecule has 0 atom stereocenters. The highest BCUT2D eigenvalue weighted by Crippen LogP contribution is 2.18. The Morgan fingerprint density at radius 3 is 2.57 bits per heavy atom. The molecule has 1 fully saturated rings. The number of nitrogens with one attached hydrogen (secondary N) is 1. The van der Waals surface area contributed by atoms with Crippen LogP contribution >= 0.6 is 11.6 Å². The molecule has 0 bridgehead atoms. The van der Waals surface area contributed by atoms with E-state index >= 15 is 0 Å². The normalized spacial score (nSPS) is 16.2. The molecule has 158 valence electrons. The first-order valence-corrected chi connectivity index (χ1v) is 11.7. The van der Waals surface area contributed by atoms with Gasteiger partial charge in [0.1, 0.15) is 5.65 Å². The molecule has 3 aromatic rings. The van der Waals surface area contributed by atoms with Crippen LogP contribution in [0.15, 0.2) is 58.4 Å². The summed E-state index contributed by atoms with van der Waals surface area (Å²) in [5.41, 5.74) is 2.26. The lowest BCUT2D eigenvalue weighted by Gasteiger charge is -2.32. The summed E-state index contributed by atoms with van der Waals surface area (Å²) in [5.74, 6) is 0. The molecular weight excluding hydrogens is 424 g/mol. The third-order valence-electron chi connectivity index (χ3n) is 5.36. The van der Waals surface area contributed by atoms with Crippen LogP contribution in [0.3, 0.4) is 0 Å². The maximum absolute atomic E-state index is 12.6. The number of pyridine rings is 1. The van der Waals surface area contributed by atoms with Crippen LogP contribution in [0.5, 0.6) is 0 Å². The van der Waals surface area contributed by atoms with Crippen molar-refractivity contribution in [3.63, 3.8) is 0 Å². The number of rotatable bonds is 5. The molecule has 9 heteroatoms. The van der Waals surface area contributed by atoms with Crippen LogP contribution < -0.4 is 10.3 Å². The molecule has 2 aromatic heterocycles. The Morgan fingerprint density at radius 2 is 1.87 bits per heavy atom. The number of sulfonamides is 1. The lowest BCUT2D eigenvalue weighted by atomic mass is 10.1. The number of hydrogen-bond donors (Lipinski definition) is 1. The lowest BCUT2D eigenvalue weighted by molar-refractivity contribution is 0.198. The number of halogens is 1. The van der Waals surface area contributed by atoms with E-state index in [9.17, 15) is 13.2 Å². The lowest BCUT2D eigenvalue weighted by Crippen LogP contribution is -2.44. The third kappa shape index (κ3) is 4.57. The van der Waals surface area contributed by atoms with E-state index in [1.54, 1.807) is 28.8 Å². The molecule has 1 N–H and O–H groups in total. The van der Waals surface area contributed by atoms with Crippen LogP contribution in [0.4, 0.5) is 0 Å². The minimum Gasteiger partial charge on any atom is -0.297 e. The van der Waals surface area contributed by atoms with E-state index in [2.05, 4.69) is 14.6 Å².